The van der Waals surface area contributed by atoms with Crippen LogP contribution < -0.4 is 0 Å². The van der Waals surface area contributed by atoms with E-state index in [0.717, 1.165) is 13.0 Å². The van der Waals surface area contributed by atoms with Crippen LogP contribution in [0.5, 0.6) is 0 Å². The van der Waals surface area contributed by atoms with E-state index in [2.05, 4.69) is 84.4 Å². The summed E-state index contributed by atoms with van der Waals surface area (Å²) in [6.07, 6.45) is 3.32. The smallest absolute Gasteiger partial charge is 0.0473 e. The predicted octanol–water partition coefficient (Wildman–Crippen LogP) is 4.77. The summed E-state index contributed by atoms with van der Waals surface area (Å²) in [5.74, 6) is 0. The summed E-state index contributed by atoms with van der Waals surface area (Å²) in [4.78, 5) is 0. The van der Waals surface area contributed by atoms with Crippen molar-refractivity contribution in [2.24, 2.45) is 0 Å². The summed E-state index contributed by atoms with van der Waals surface area (Å²) >= 11 is 0. The van der Waals surface area contributed by atoms with E-state index in [1.165, 1.54) is 22.4 Å². The molecule has 0 radical (unpaired) electrons. The van der Waals surface area contributed by atoms with Gasteiger partial charge in [-0.05, 0) is 29.2 Å². The Hall–Kier alpha value is -2.28. The van der Waals surface area contributed by atoms with Crippen molar-refractivity contribution < 1.29 is 0 Å². The molecule has 3 aromatic rings. The molecule has 0 unspecified atom stereocenters. The van der Waals surface area contributed by atoms with Crippen LogP contribution in [0.1, 0.15) is 18.2 Å². The zero-order chi connectivity index (χ0) is 13.8. The Kier molecular flexibility index (Phi) is 3.69. The average Bonchev–Trinajstić information content (AvgIpc) is 2.92. The number of aromatic nitrogens is 1. The van der Waals surface area contributed by atoms with Crippen LogP contribution in [0.2, 0.25) is 0 Å². The Morgan fingerprint density at radius 2 is 1.45 bits per heavy atom. The highest BCUT2D eigenvalue weighted by molar-refractivity contribution is 5.63. The van der Waals surface area contributed by atoms with Crippen molar-refractivity contribution in [3.8, 4) is 11.1 Å². The van der Waals surface area contributed by atoms with Gasteiger partial charge in [0.15, 0.2) is 0 Å². The van der Waals surface area contributed by atoms with Gasteiger partial charge >= 0.3 is 0 Å². The highest BCUT2D eigenvalue weighted by Gasteiger charge is 2.06. The lowest BCUT2D eigenvalue weighted by molar-refractivity contribution is 0.751. The van der Waals surface area contributed by atoms with Crippen LogP contribution in [0.4, 0.5) is 0 Å². The molecule has 2 aromatic carbocycles. The molecule has 0 atom stereocenters. The second-order valence-electron chi connectivity index (χ2n) is 5.05. The summed E-state index contributed by atoms with van der Waals surface area (Å²) < 4.78 is 2.36. The molecule has 1 nitrogen and oxygen atoms in total. The van der Waals surface area contributed by atoms with Gasteiger partial charge in [-0.25, -0.2) is 0 Å². The van der Waals surface area contributed by atoms with Gasteiger partial charge in [-0.2, -0.15) is 0 Å². The van der Waals surface area contributed by atoms with E-state index < -0.39 is 0 Å². The molecular formula is C19H19N. The number of nitrogens with zero attached hydrogens (tertiary/aromatic N) is 1. The molecule has 0 aliphatic heterocycles. The molecule has 1 heterocycles. The molecule has 0 spiro atoms. The lowest BCUT2D eigenvalue weighted by Gasteiger charge is -2.07. The maximum Gasteiger partial charge on any atom is 0.0473 e. The van der Waals surface area contributed by atoms with E-state index in [1.807, 2.05) is 0 Å². The van der Waals surface area contributed by atoms with E-state index in [-0.39, 0.29) is 0 Å². The number of hydrogen-bond donors (Lipinski definition) is 0. The minimum Gasteiger partial charge on any atom is -0.346 e. The number of rotatable bonds is 4. The minimum absolute atomic E-state index is 0.941. The normalized spacial score (nSPS) is 10.7. The molecule has 20 heavy (non-hydrogen) atoms. The molecule has 0 saturated heterocycles. The van der Waals surface area contributed by atoms with Gasteiger partial charge in [0.05, 0.1) is 0 Å². The zero-order valence-corrected chi connectivity index (χ0v) is 11.8. The second-order valence-corrected chi connectivity index (χ2v) is 5.05. The molecule has 0 N–H and O–H groups in total. The van der Waals surface area contributed by atoms with E-state index in [0.29, 0.717) is 0 Å². The van der Waals surface area contributed by atoms with Gasteiger partial charge in [0.1, 0.15) is 0 Å². The fraction of sp³-hybridized carbons (Fsp3) is 0.158. The van der Waals surface area contributed by atoms with Crippen molar-refractivity contribution in [1.82, 2.24) is 4.57 Å². The van der Waals surface area contributed by atoms with E-state index >= 15 is 0 Å². The Morgan fingerprint density at radius 3 is 2.10 bits per heavy atom. The summed E-state index contributed by atoms with van der Waals surface area (Å²) in [7, 11) is 0. The third kappa shape index (κ3) is 2.67. The summed E-state index contributed by atoms with van der Waals surface area (Å²) in [5.41, 5.74) is 5.32. The third-order valence-electron chi connectivity index (χ3n) is 3.65. The van der Waals surface area contributed by atoms with Gasteiger partial charge in [-0.15, -0.1) is 0 Å². The first-order valence-corrected chi connectivity index (χ1v) is 7.15. The zero-order valence-electron chi connectivity index (χ0n) is 11.8. The quantitative estimate of drug-likeness (QED) is 0.637. The number of hydrogen-bond acceptors (Lipinski definition) is 0. The van der Waals surface area contributed by atoms with Crippen molar-refractivity contribution in [2.75, 3.05) is 0 Å². The van der Waals surface area contributed by atoms with Crippen molar-refractivity contribution >= 4 is 0 Å². The van der Waals surface area contributed by atoms with Crippen molar-refractivity contribution in [3.05, 3.63) is 84.2 Å². The van der Waals surface area contributed by atoms with Gasteiger partial charge in [-0.3, -0.25) is 0 Å². The molecule has 0 amide bonds. The number of benzene rings is 2. The van der Waals surface area contributed by atoms with Crippen LogP contribution in [-0.4, -0.2) is 4.57 Å². The lowest BCUT2D eigenvalue weighted by Crippen LogP contribution is -2.01. The Morgan fingerprint density at radius 1 is 0.800 bits per heavy atom. The van der Waals surface area contributed by atoms with Crippen molar-refractivity contribution in [3.63, 3.8) is 0 Å². The standard InChI is InChI=1S/C19H19N/c1-2-19-13-18(17-11-7-4-8-12-17)15-20(19)14-16-9-5-3-6-10-16/h3-13,15H,2,14H2,1H3. The van der Waals surface area contributed by atoms with E-state index in [4.69, 9.17) is 0 Å². The van der Waals surface area contributed by atoms with Crippen molar-refractivity contribution in [2.45, 2.75) is 19.9 Å². The second kappa shape index (κ2) is 5.79. The minimum atomic E-state index is 0.941. The SMILES string of the molecule is CCc1cc(-c2ccccc2)cn1Cc1ccccc1. The maximum absolute atomic E-state index is 2.36. The van der Waals surface area contributed by atoms with Crippen LogP contribution in [0.25, 0.3) is 11.1 Å². The third-order valence-corrected chi connectivity index (χ3v) is 3.65. The van der Waals surface area contributed by atoms with Crippen LogP contribution >= 0.6 is 0 Å². The summed E-state index contributed by atoms with van der Waals surface area (Å²) in [6, 6.07) is 23.5. The molecule has 0 saturated carbocycles. The molecule has 1 heteroatoms. The van der Waals surface area contributed by atoms with Gasteiger partial charge < -0.3 is 4.57 Å². The van der Waals surface area contributed by atoms with Gasteiger partial charge in [0.25, 0.3) is 0 Å². The average molecular weight is 261 g/mol. The van der Waals surface area contributed by atoms with Crippen LogP contribution in [0.3, 0.4) is 0 Å². The first-order valence-electron chi connectivity index (χ1n) is 7.15. The van der Waals surface area contributed by atoms with Gasteiger partial charge in [0.2, 0.25) is 0 Å². The van der Waals surface area contributed by atoms with Crippen molar-refractivity contribution in [1.29, 1.82) is 0 Å². The van der Waals surface area contributed by atoms with E-state index in [9.17, 15) is 0 Å². The molecule has 0 aliphatic carbocycles. The molecule has 1 aromatic heterocycles. The molecule has 3 rings (SSSR count). The predicted molar refractivity (Wildman–Crippen MR) is 84.8 cm³/mol. The monoisotopic (exact) mass is 261 g/mol. The van der Waals surface area contributed by atoms with Crippen LogP contribution in [-0.2, 0) is 13.0 Å². The van der Waals surface area contributed by atoms with Crippen LogP contribution in [0.15, 0.2) is 72.9 Å². The van der Waals surface area contributed by atoms with Gasteiger partial charge in [-0.1, -0.05) is 67.6 Å². The first kappa shape index (κ1) is 12.7. The Labute approximate surface area is 120 Å². The topological polar surface area (TPSA) is 4.93 Å². The lowest BCUT2D eigenvalue weighted by atomic mass is 10.1. The maximum atomic E-state index is 2.36. The Balaban J connectivity index is 1.93. The summed E-state index contributed by atoms with van der Waals surface area (Å²) in [6.45, 7) is 3.16. The fourth-order valence-corrected chi connectivity index (χ4v) is 2.57. The Bertz CT molecular complexity index is 666. The molecule has 0 fully saturated rings. The van der Waals surface area contributed by atoms with Gasteiger partial charge in [0, 0.05) is 18.4 Å². The highest BCUT2D eigenvalue weighted by Crippen LogP contribution is 2.23. The summed E-state index contributed by atoms with van der Waals surface area (Å²) in [5, 5.41) is 0. The molecule has 0 bridgehead atoms. The first-order chi connectivity index (χ1) is 9.86. The van der Waals surface area contributed by atoms with Crippen LogP contribution in [0, 0.1) is 0 Å². The highest BCUT2D eigenvalue weighted by atomic mass is 15.0. The molecular weight excluding hydrogens is 242 g/mol. The number of aryl methyl sites for hydroxylation is 1. The fourth-order valence-electron chi connectivity index (χ4n) is 2.57. The molecule has 0 aliphatic rings. The van der Waals surface area contributed by atoms with E-state index in [1.54, 1.807) is 0 Å². The largest absolute Gasteiger partial charge is 0.346 e. The molecule has 100 valence electrons.